The molecule has 1 aromatic heterocycles. The highest BCUT2D eigenvalue weighted by molar-refractivity contribution is 6.30. The molecule has 0 saturated carbocycles. The number of aryl methyl sites for hydroxylation is 1. The van der Waals surface area contributed by atoms with E-state index in [0.717, 1.165) is 30.9 Å². The van der Waals surface area contributed by atoms with Crippen molar-refractivity contribution in [2.75, 3.05) is 7.11 Å². The summed E-state index contributed by atoms with van der Waals surface area (Å²) >= 11 is 5.95. The van der Waals surface area contributed by atoms with Gasteiger partial charge in [-0.3, -0.25) is 0 Å². The first-order chi connectivity index (χ1) is 12.2. The lowest BCUT2D eigenvalue weighted by Gasteiger charge is -2.20. The number of methoxy groups -OCH3 is 1. The quantitative estimate of drug-likeness (QED) is 0.590. The van der Waals surface area contributed by atoms with Gasteiger partial charge >= 0.3 is 0 Å². The number of imidazole rings is 1. The van der Waals surface area contributed by atoms with Crippen LogP contribution in [-0.4, -0.2) is 22.8 Å². The summed E-state index contributed by atoms with van der Waals surface area (Å²) in [4.78, 5) is 4.11. The van der Waals surface area contributed by atoms with Gasteiger partial charge in [-0.1, -0.05) is 23.7 Å². The number of benzene rings is 2. The Morgan fingerprint density at radius 1 is 1.04 bits per heavy atom. The maximum absolute atomic E-state index is 6.18. The second kappa shape index (κ2) is 8.58. The molecule has 0 fully saturated rings. The van der Waals surface area contributed by atoms with Crippen LogP contribution in [0.4, 0.5) is 0 Å². The lowest BCUT2D eigenvalue weighted by Crippen LogP contribution is -2.23. The fourth-order valence-corrected chi connectivity index (χ4v) is 2.77. The number of ether oxygens (including phenoxy) is 2. The molecule has 25 heavy (non-hydrogen) atoms. The fraction of sp³-hybridized carbons (Fsp3) is 0.250. The first-order valence-electron chi connectivity index (χ1n) is 8.24. The van der Waals surface area contributed by atoms with E-state index in [9.17, 15) is 0 Å². The SMILES string of the molecule is COc1ccc(CCC(Cn2ccnc2)Oc2ccc(Cl)cc2)cc1. The summed E-state index contributed by atoms with van der Waals surface area (Å²) in [6.07, 6.45) is 7.40. The molecule has 2 aromatic carbocycles. The maximum Gasteiger partial charge on any atom is 0.119 e. The summed E-state index contributed by atoms with van der Waals surface area (Å²) in [5, 5.41) is 0.705. The van der Waals surface area contributed by atoms with Crippen molar-refractivity contribution >= 4 is 11.6 Å². The van der Waals surface area contributed by atoms with Crippen LogP contribution in [0.1, 0.15) is 12.0 Å². The first-order valence-corrected chi connectivity index (χ1v) is 8.61. The van der Waals surface area contributed by atoms with Crippen LogP contribution in [0.3, 0.4) is 0 Å². The number of nitrogens with zero attached hydrogens (tertiary/aromatic N) is 2. The number of halogens is 1. The molecular formula is C20H21ClN2O2. The van der Waals surface area contributed by atoms with Gasteiger partial charge in [0, 0.05) is 17.4 Å². The molecule has 4 nitrogen and oxygen atoms in total. The molecule has 0 spiro atoms. The zero-order chi connectivity index (χ0) is 17.5. The minimum absolute atomic E-state index is 0.0393. The Balaban J connectivity index is 1.65. The third-order valence-electron chi connectivity index (χ3n) is 4.00. The second-order valence-electron chi connectivity index (χ2n) is 5.84. The van der Waals surface area contributed by atoms with E-state index in [1.54, 1.807) is 13.3 Å². The Bertz CT molecular complexity index is 755. The van der Waals surface area contributed by atoms with Gasteiger partial charge in [-0.2, -0.15) is 0 Å². The van der Waals surface area contributed by atoms with Crippen molar-refractivity contribution in [2.45, 2.75) is 25.5 Å². The van der Waals surface area contributed by atoms with Crippen molar-refractivity contribution < 1.29 is 9.47 Å². The Hall–Kier alpha value is -2.46. The van der Waals surface area contributed by atoms with E-state index >= 15 is 0 Å². The van der Waals surface area contributed by atoms with Crippen LogP contribution in [0.25, 0.3) is 0 Å². The monoisotopic (exact) mass is 356 g/mol. The largest absolute Gasteiger partial charge is 0.497 e. The number of hydrogen-bond acceptors (Lipinski definition) is 3. The van der Waals surface area contributed by atoms with Crippen molar-refractivity contribution in [3.8, 4) is 11.5 Å². The Morgan fingerprint density at radius 2 is 1.76 bits per heavy atom. The average molecular weight is 357 g/mol. The number of hydrogen-bond donors (Lipinski definition) is 0. The number of aromatic nitrogens is 2. The molecule has 130 valence electrons. The molecule has 0 aliphatic rings. The normalized spacial score (nSPS) is 11.9. The first kappa shape index (κ1) is 17.4. The van der Waals surface area contributed by atoms with Gasteiger partial charge in [-0.05, 0) is 54.8 Å². The molecule has 0 aliphatic heterocycles. The van der Waals surface area contributed by atoms with Crippen LogP contribution in [-0.2, 0) is 13.0 Å². The van der Waals surface area contributed by atoms with Crippen molar-refractivity contribution in [3.05, 3.63) is 77.8 Å². The van der Waals surface area contributed by atoms with Gasteiger partial charge in [-0.25, -0.2) is 4.98 Å². The van der Waals surface area contributed by atoms with Gasteiger partial charge in [-0.15, -0.1) is 0 Å². The van der Waals surface area contributed by atoms with Gasteiger partial charge in [0.2, 0.25) is 0 Å². The van der Waals surface area contributed by atoms with Crippen LogP contribution in [0.15, 0.2) is 67.3 Å². The fourth-order valence-electron chi connectivity index (χ4n) is 2.64. The average Bonchev–Trinajstić information content (AvgIpc) is 3.15. The van der Waals surface area contributed by atoms with Gasteiger partial charge in [0.25, 0.3) is 0 Å². The third-order valence-corrected chi connectivity index (χ3v) is 4.26. The molecule has 0 amide bonds. The van der Waals surface area contributed by atoms with E-state index in [-0.39, 0.29) is 6.10 Å². The molecule has 0 saturated heterocycles. The summed E-state index contributed by atoms with van der Waals surface area (Å²) in [5.74, 6) is 1.69. The van der Waals surface area contributed by atoms with E-state index in [0.29, 0.717) is 5.02 Å². The van der Waals surface area contributed by atoms with E-state index in [4.69, 9.17) is 21.1 Å². The predicted molar refractivity (Wildman–Crippen MR) is 99.4 cm³/mol. The minimum Gasteiger partial charge on any atom is -0.497 e. The molecule has 3 rings (SSSR count). The molecule has 1 unspecified atom stereocenters. The van der Waals surface area contributed by atoms with E-state index in [2.05, 4.69) is 17.1 Å². The van der Waals surface area contributed by atoms with Crippen LogP contribution < -0.4 is 9.47 Å². The molecule has 0 bridgehead atoms. The van der Waals surface area contributed by atoms with Gasteiger partial charge < -0.3 is 14.0 Å². The van der Waals surface area contributed by atoms with Gasteiger partial charge in [0.1, 0.15) is 17.6 Å². The van der Waals surface area contributed by atoms with Crippen molar-refractivity contribution in [2.24, 2.45) is 0 Å². The van der Waals surface area contributed by atoms with E-state index < -0.39 is 0 Å². The predicted octanol–water partition coefficient (Wildman–Crippen LogP) is 4.63. The lowest BCUT2D eigenvalue weighted by atomic mass is 10.1. The maximum atomic E-state index is 6.18. The standard InChI is InChI=1S/C20H21ClN2O2/c1-24-18-7-2-16(3-8-18)4-9-20(14-23-13-12-22-15-23)25-19-10-5-17(21)6-11-19/h2-3,5-8,10-13,15,20H,4,9,14H2,1H3. The summed E-state index contributed by atoms with van der Waals surface area (Å²) < 4.78 is 13.4. The summed E-state index contributed by atoms with van der Waals surface area (Å²) in [6, 6.07) is 15.6. The van der Waals surface area contributed by atoms with Crippen molar-refractivity contribution in [1.82, 2.24) is 9.55 Å². The van der Waals surface area contributed by atoms with Crippen LogP contribution in [0.5, 0.6) is 11.5 Å². The molecule has 1 atom stereocenters. The van der Waals surface area contributed by atoms with Crippen LogP contribution in [0.2, 0.25) is 5.02 Å². The molecule has 3 aromatic rings. The lowest BCUT2D eigenvalue weighted by molar-refractivity contribution is 0.170. The van der Waals surface area contributed by atoms with Gasteiger partial charge in [0.15, 0.2) is 0 Å². The van der Waals surface area contributed by atoms with E-state index in [1.807, 2.05) is 53.5 Å². The zero-order valence-corrected chi connectivity index (χ0v) is 14.9. The minimum atomic E-state index is 0.0393. The van der Waals surface area contributed by atoms with Crippen molar-refractivity contribution in [3.63, 3.8) is 0 Å². The summed E-state index contributed by atoms with van der Waals surface area (Å²) in [7, 11) is 1.68. The zero-order valence-electron chi connectivity index (χ0n) is 14.1. The highest BCUT2D eigenvalue weighted by atomic mass is 35.5. The van der Waals surface area contributed by atoms with E-state index in [1.165, 1.54) is 5.56 Å². The van der Waals surface area contributed by atoms with Crippen LogP contribution >= 0.6 is 11.6 Å². The highest BCUT2D eigenvalue weighted by Gasteiger charge is 2.12. The molecule has 1 heterocycles. The second-order valence-corrected chi connectivity index (χ2v) is 6.28. The number of rotatable bonds is 8. The van der Waals surface area contributed by atoms with Crippen molar-refractivity contribution in [1.29, 1.82) is 0 Å². The van der Waals surface area contributed by atoms with Gasteiger partial charge in [0.05, 0.1) is 20.0 Å². The Morgan fingerprint density at radius 3 is 2.40 bits per heavy atom. The molecular weight excluding hydrogens is 336 g/mol. The molecule has 5 heteroatoms. The third kappa shape index (κ3) is 5.26. The molecule has 0 N–H and O–H groups in total. The Labute approximate surface area is 153 Å². The van der Waals surface area contributed by atoms with Crippen LogP contribution in [0, 0.1) is 0 Å². The topological polar surface area (TPSA) is 36.3 Å². The molecule has 0 aliphatic carbocycles. The smallest absolute Gasteiger partial charge is 0.119 e. The summed E-state index contributed by atoms with van der Waals surface area (Å²) in [6.45, 7) is 0.749. The highest BCUT2D eigenvalue weighted by Crippen LogP contribution is 2.20. The Kier molecular flexibility index (Phi) is 5.96. The molecule has 0 radical (unpaired) electrons. The summed E-state index contributed by atoms with van der Waals surface area (Å²) in [5.41, 5.74) is 1.26.